The summed E-state index contributed by atoms with van der Waals surface area (Å²) >= 11 is 0. The van der Waals surface area contributed by atoms with E-state index in [4.69, 9.17) is 4.74 Å². The van der Waals surface area contributed by atoms with Crippen LogP contribution in [0, 0.1) is 5.82 Å². The number of hydrogen-bond acceptors (Lipinski definition) is 5. The topological polar surface area (TPSA) is 59.4 Å². The monoisotopic (exact) mass is 410 g/mol. The highest BCUT2D eigenvalue weighted by Gasteiger charge is 2.22. The Kier molecular flexibility index (Phi) is 5.99. The molecule has 1 aliphatic rings. The minimum absolute atomic E-state index is 0.200. The molecule has 1 atom stereocenters. The van der Waals surface area contributed by atoms with Gasteiger partial charge in [0, 0.05) is 30.9 Å². The first kappa shape index (κ1) is 20.3. The number of benzene rings is 2. The number of likely N-dealkylation sites (N-methyl/N-ethyl adjacent to an activating group) is 1. The number of aromatic nitrogens is 2. The van der Waals surface area contributed by atoms with Gasteiger partial charge in [0.1, 0.15) is 17.9 Å². The van der Waals surface area contributed by atoms with Crippen molar-refractivity contribution in [3.05, 3.63) is 58.9 Å². The Morgan fingerprint density at radius 2 is 2.13 bits per heavy atom. The molecule has 0 saturated carbocycles. The molecule has 2 aromatic carbocycles. The maximum atomic E-state index is 14.9. The smallest absolute Gasteiger partial charge is 0.265 e. The summed E-state index contributed by atoms with van der Waals surface area (Å²) in [5.41, 5.74) is 1.26. The summed E-state index contributed by atoms with van der Waals surface area (Å²) in [6.45, 7) is 4.45. The van der Waals surface area contributed by atoms with Crippen molar-refractivity contribution in [3.63, 3.8) is 0 Å². The first-order valence-electron chi connectivity index (χ1n) is 10.5. The fourth-order valence-electron chi connectivity index (χ4n) is 3.82. The molecule has 0 spiro atoms. The molecule has 30 heavy (non-hydrogen) atoms. The lowest BCUT2D eigenvalue weighted by Gasteiger charge is -2.19. The van der Waals surface area contributed by atoms with Gasteiger partial charge in [-0.15, -0.1) is 0 Å². The number of rotatable bonds is 7. The van der Waals surface area contributed by atoms with Crippen LogP contribution in [0.2, 0.25) is 0 Å². The van der Waals surface area contributed by atoms with Crippen molar-refractivity contribution >= 4 is 16.6 Å². The van der Waals surface area contributed by atoms with Gasteiger partial charge >= 0.3 is 0 Å². The van der Waals surface area contributed by atoms with Gasteiger partial charge in [0.25, 0.3) is 5.56 Å². The van der Waals surface area contributed by atoms with Crippen LogP contribution in [0.3, 0.4) is 0 Å². The molecular formula is C23H27FN4O2. The summed E-state index contributed by atoms with van der Waals surface area (Å²) in [4.78, 5) is 19.5. The number of ether oxygens (including phenoxy) is 1. The minimum Gasteiger partial charge on any atom is -0.494 e. The van der Waals surface area contributed by atoms with Crippen molar-refractivity contribution in [2.45, 2.75) is 32.2 Å². The standard InChI is InChI=1S/C23H27FN4O2/c1-3-4-11-30-18-6-7-19-21(13-18)26-15-28(23(19)29)22-8-5-17(12-20(22)24)27-10-9-16(14-27)25-2/h5-8,12-13,15-16,25H,3-4,9-11,14H2,1-2H3. The maximum absolute atomic E-state index is 14.9. The van der Waals surface area contributed by atoms with Crippen molar-refractivity contribution in [2.75, 3.05) is 31.6 Å². The van der Waals surface area contributed by atoms with Crippen molar-refractivity contribution in [1.29, 1.82) is 0 Å². The number of anilines is 1. The molecule has 6 nitrogen and oxygen atoms in total. The number of unbranched alkanes of at least 4 members (excludes halogenated alkanes) is 1. The van der Waals surface area contributed by atoms with E-state index >= 15 is 0 Å². The average Bonchev–Trinajstić information content (AvgIpc) is 3.24. The first-order chi connectivity index (χ1) is 14.6. The van der Waals surface area contributed by atoms with E-state index in [1.54, 1.807) is 24.3 Å². The summed E-state index contributed by atoms with van der Waals surface area (Å²) in [5, 5.41) is 3.69. The molecule has 0 radical (unpaired) electrons. The highest BCUT2D eigenvalue weighted by Crippen LogP contribution is 2.25. The molecule has 0 aliphatic carbocycles. The van der Waals surface area contributed by atoms with Crippen LogP contribution in [0.15, 0.2) is 47.5 Å². The molecule has 7 heteroatoms. The van der Waals surface area contributed by atoms with Gasteiger partial charge in [-0.2, -0.15) is 0 Å². The second-order valence-electron chi connectivity index (χ2n) is 7.66. The van der Waals surface area contributed by atoms with Crippen molar-refractivity contribution in [1.82, 2.24) is 14.9 Å². The van der Waals surface area contributed by atoms with Gasteiger partial charge in [0.2, 0.25) is 0 Å². The average molecular weight is 410 g/mol. The quantitative estimate of drug-likeness (QED) is 0.604. The molecule has 1 fully saturated rings. The van der Waals surface area contributed by atoms with Gasteiger partial charge in [0.15, 0.2) is 0 Å². The van der Waals surface area contributed by atoms with E-state index in [9.17, 15) is 9.18 Å². The zero-order valence-electron chi connectivity index (χ0n) is 17.4. The van der Waals surface area contributed by atoms with Gasteiger partial charge in [0.05, 0.1) is 23.2 Å². The molecule has 0 bridgehead atoms. The summed E-state index contributed by atoms with van der Waals surface area (Å²) < 4.78 is 21.9. The molecule has 4 rings (SSSR count). The number of nitrogens with one attached hydrogen (secondary N) is 1. The normalized spacial score (nSPS) is 16.4. The van der Waals surface area contributed by atoms with Crippen LogP contribution in [0.5, 0.6) is 5.75 Å². The third-order valence-electron chi connectivity index (χ3n) is 5.65. The fraction of sp³-hybridized carbons (Fsp3) is 0.391. The van der Waals surface area contributed by atoms with Crippen molar-refractivity contribution < 1.29 is 9.13 Å². The molecule has 2 heterocycles. The number of halogens is 1. The summed E-state index contributed by atoms with van der Waals surface area (Å²) in [6, 6.07) is 10.6. The van der Waals surface area contributed by atoms with E-state index < -0.39 is 5.82 Å². The Morgan fingerprint density at radius 1 is 1.27 bits per heavy atom. The van der Waals surface area contributed by atoms with Crippen LogP contribution in [0.1, 0.15) is 26.2 Å². The maximum Gasteiger partial charge on any atom is 0.265 e. The van der Waals surface area contributed by atoms with E-state index in [0.717, 1.165) is 38.0 Å². The van der Waals surface area contributed by atoms with Crippen LogP contribution in [-0.2, 0) is 0 Å². The fourth-order valence-corrected chi connectivity index (χ4v) is 3.82. The highest BCUT2D eigenvalue weighted by molar-refractivity contribution is 5.79. The van der Waals surface area contributed by atoms with E-state index in [-0.39, 0.29) is 11.2 Å². The van der Waals surface area contributed by atoms with E-state index in [1.165, 1.54) is 17.0 Å². The molecule has 3 aromatic rings. The van der Waals surface area contributed by atoms with E-state index in [0.29, 0.717) is 29.3 Å². The van der Waals surface area contributed by atoms with Crippen LogP contribution < -0.4 is 20.5 Å². The Hall–Kier alpha value is -2.93. The van der Waals surface area contributed by atoms with Gasteiger partial charge in [-0.3, -0.25) is 9.36 Å². The lowest BCUT2D eigenvalue weighted by Crippen LogP contribution is -2.29. The summed E-state index contributed by atoms with van der Waals surface area (Å²) in [5.74, 6) is 0.241. The van der Waals surface area contributed by atoms with Crippen molar-refractivity contribution in [2.24, 2.45) is 0 Å². The largest absolute Gasteiger partial charge is 0.494 e. The molecule has 1 saturated heterocycles. The van der Waals surface area contributed by atoms with E-state index in [1.807, 2.05) is 13.1 Å². The SMILES string of the molecule is CCCCOc1ccc2c(=O)n(-c3ccc(N4CCC(NC)C4)cc3F)cnc2c1. The molecule has 1 N–H and O–H groups in total. The Balaban J connectivity index is 1.62. The second-order valence-corrected chi connectivity index (χ2v) is 7.66. The lowest BCUT2D eigenvalue weighted by atomic mass is 10.2. The molecule has 1 aliphatic heterocycles. The zero-order chi connectivity index (χ0) is 21.1. The van der Waals surface area contributed by atoms with Crippen LogP contribution in [-0.4, -0.2) is 42.3 Å². The number of nitrogens with zero attached hydrogens (tertiary/aromatic N) is 3. The Labute approximate surface area is 175 Å². The molecule has 1 aromatic heterocycles. The van der Waals surface area contributed by atoms with Crippen LogP contribution in [0.25, 0.3) is 16.6 Å². The molecule has 158 valence electrons. The molecule has 1 unspecified atom stereocenters. The zero-order valence-corrected chi connectivity index (χ0v) is 17.4. The van der Waals surface area contributed by atoms with Gasteiger partial charge in [-0.25, -0.2) is 9.37 Å². The number of fused-ring (bicyclic) bond motifs is 1. The molecule has 0 amide bonds. The summed E-state index contributed by atoms with van der Waals surface area (Å²) in [7, 11) is 1.94. The van der Waals surface area contributed by atoms with E-state index in [2.05, 4.69) is 22.1 Å². The van der Waals surface area contributed by atoms with Gasteiger partial charge < -0.3 is 15.0 Å². The van der Waals surface area contributed by atoms with Gasteiger partial charge in [-0.1, -0.05) is 13.3 Å². The van der Waals surface area contributed by atoms with Crippen molar-refractivity contribution in [3.8, 4) is 11.4 Å². The predicted octanol–water partition coefficient (Wildman–Crippen LogP) is 3.50. The van der Waals surface area contributed by atoms with Crippen LogP contribution in [0.4, 0.5) is 10.1 Å². The Morgan fingerprint density at radius 3 is 2.87 bits per heavy atom. The second kappa shape index (κ2) is 8.83. The minimum atomic E-state index is -0.442. The van der Waals surface area contributed by atoms with Gasteiger partial charge in [-0.05, 0) is 50.2 Å². The first-order valence-corrected chi connectivity index (χ1v) is 10.5. The third kappa shape index (κ3) is 4.03. The Bertz CT molecular complexity index is 1100. The van der Waals surface area contributed by atoms with Crippen LogP contribution >= 0.6 is 0 Å². The molecular weight excluding hydrogens is 383 g/mol. The predicted molar refractivity (Wildman–Crippen MR) is 117 cm³/mol. The lowest BCUT2D eigenvalue weighted by molar-refractivity contribution is 0.310. The highest BCUT2D eigenvalue weighted by atomic mass is 19.1. The third-order valence-corrected chi connectivity index (χ3v) is 5.65. The summed E-state index contributed by atoms with van der Waals surface area (Å²) in [6.07, 6.45) is 4.42. The number of hydrogen-bond donors (Lipinski definition) is 1.